The van der Waals surface area contributed by atoms with Crippen molar-refractivity contribution in [3.05, 3.63) is 34.7 Å². The number of carboxylic acids is 1. The summed E-state index contributed by atoms with van der Waals surface area (Å²) in [5.41, 5.74) is 0.223. The molecule has 0 atom stereocenters. The summed E-state index contributed by atoms with van der Waals surface area (Å²) in [4.78, 5) is 11.2. The van der Waals surface area contributed by atoms with Gasteiger partial charge in [-0.15, -0.1) is 0 Å². The molecule has 5 heteroatoms. The van der Waals surface area contributed by atoms with Gasteiger partial charge in [0.05, 0.1) is 5.52 Å². The van der Waals surface area contributed by atoms with Crippen LogP contribution >= 0.6 is 11.6 Å². The number of aromatic nitrogens is 1. The molecule has 0 amide bonds. The van der Waals surface area contributed by atoms with E-state index in [-0.39, 0.29) is 22.2 Å². The van der Waals surface area contributed by atoms with Crippen molar-refractivity contribution in [1.29, 1.82) is 0 Å². The van der Waals surface area contributed by atoms with E-state index in [0.717, 1.165) is 0 Å². The van der Waals surface area contributed by atoms with E-state index in [1.54, 1.807) is 6.07 Å². The first kappa shape index (κ1) is 12.9. The lowest BCUT2D eigenvalue weighted by Crippen LogP contribution is -2.06. The van der Waals surface area contributed by atoms with Crippen molar-refractivity contribution in [3.63, 3.8) is 0 Å². The van der Waals surface area contributed by atoms with Crippen molar-refractivity contribution < 1.29 is 14.3 Å². The van der Waals surface area contributed by atoms with Gasteiger partial charge in [-0.2, -0.15) is 0 Å². The minimum atomic E-state index is -1.14. The number of rotatable bonds is 3. The minimum absolute atomic E-state index is 0.0354. The molecule has 1 N–H and O–H groups in total. The molecule has 18 heavy (non-hydrogen) atoms. The first-order valence-electron chi connectivity index (χ1n) is 5.63. The van der Waals surface area contributed by atoms with E-state index < -0.39 is 11.8 Å². The van der Waals surface area contributed by atoms with E-state index in [1.807, 2.05) is 13.8 Å². The van der Waals surface area contributed by atoms with Crippen LogP contribution in [0.15, 0.2) is 18.2 Å². The third-order valence-electron chi connectivity index (χ3n) is 2.73. The summed E-state index contributed by atoms with van der Waals surface area (Å²) in [6.45, 7) is 4.40. The maximum absolute atomic E-state index is 13.9. The molecule has 0 fully saturated rings. The molecule has 3 nitrogen and oxygen atoms in total. The smallest absolute Gasteiger partial charge is 0.339 e. The van der Waals surface area contributed by atoms with E-state index in [2.05, 4.69) is 0 Å². The third-order valence-corrected chi connectivity index (χ3v) is 3.12. The summed E-state index contributed by atoms with van der Waals surface area (Å²) in [6.07, 6.45) is 0. The van der Waals surface area contributed by atoms with Gasteiger partial charge in [0.15, 0.2) is 0 Å². The highest BCUT2D eigenvalue weighted by molar-refractivity contribution is 6.35. The number of fused-ring (bicyclic) bond motifs is 1. The molecule has 2 aromatic rings. The molecule has 0 aliphatic heterocycles. The molecular weight excluding hydrogens is 257 g/mol. The number of hydrogen-bond acceptors (Lipinski definition) is 1. The van der Waals surface area contributed by atoms with Crippen LogP contribution in [-0.4, -0.2) is 15.6 Å². The maximum atomic E-state index is 13.9. The molecule has 1 aromatic heterocycles. The SMILES string of the molecule is CC(C)Cn1c(Cl)c(C(=O)O)c2cccc(F)c21. The topological polar surface area (TPSA) is 42.2 Å². The molecule has 0 spiro atoms. The zero-order chi connectivity index (χ0) is 13.4. The van der Waals surface area contributed by atoms with Crippen LogP contribution in [0.1, 0.15) is 24.2 Å². The Hall–Kier alpha value is -1.55. The van der Waals surface area contributed by atoms with Crippen LogP contribution in [0, 0.1) is 11.7 Å². The number of hydrogen-bond donors (Lipinski definition) is 1. The van der Waals surface area contributed by atoms with Gasteiger partial charge < -0.3 is 9.67 Å². The van der Waals surface area contributed by atoms with Crippen molar-refractivity contribution in [1.82, 2.24) is 4.57 Å². The van der Waals surface area contributed by atoms with Crippen LogP contribution in [0.25, 0.3) is 10.9 Å². The Morgan fingerprint density at radius 1 is 1.50 bits per heavy atom. The third kappa shape index (κ3) is 1.97. The summed E-state index contributed by atoms with van der Waals surface area (Å²) in [7, 11) is 0. The number of benzene rings is 1. The lowest BCUT2D eigenvalue weighted by molar-refractivity contribution is 0.0699. The number of halogens is 2. The summed E-state index contributed by atoms with van der Waals surface area (Å²) < 4.78 is 15.4. The molecule has 0 unspecified atom stereocenters. The lowest BCUT2D eigenvalue weighted by atomic mass is 10.1. The molecule has 0 aliphatic rings. The van der Waals surface area contributed by atoms with Crippen molar-refractivity contribution in [2.24, 2.45) is 5.92 Å². The molecule has 2 rings (SSSR count). The highest BCUT2D eigenvalue weighted by Crippen LogP contribution is 2.32. The summed E-state index contributed by atoms with van der Waals surface area (Å²) >= 11 is 6.08. The first-order chi connectivity index (χ1) is 8.43. The summed E-state index contributed by atoms with van der Waals surface area (Å²) in [6, 6.07) is 4.37. The Kier molecular flexibility index (Phi) is 3.30. The van der Waals surface area contributed by atoms with Gasteiger partial charge in [0.25, 0.3) is 0 Å². The Morgan fingerprint density at radius 2 is 2.17 bits per heavy atom. The average molecular weight is 270 g/mol. The number of nitrogens with zero attached hydrogens (tertiary/aromatic N) is 1. The number of carboxylic acid groups (broad SMARTS) is 1. The molecule has 1 aromatic carbocycles. The van der Waals surface area contributed by atoms with Gasteiger partial charge in [0.1, 0.15) is 16.5 Å². The Morgan fingerprint density at radius 3 is 2.72 bits per heavy atom. The van der Waals surface area contributed by atoms with Gasteiger partial charge in [-0.3, -0.25) is 0 Å². The summed E-state index contributed by atoms with van der Waals surface area (Å²) in [5, 5.41) is 9.60. The quantitative estimate of drug-likeness (QED) is 0.921. The predicted octanol–water partition coefficient (Wildman–Crippen LogP) is 3.79. The fourth-order valence-corrected chi connectivity index (χ4v) is 2.41. The van der Waals surface area contributed by atoms with E-state index in [1.165, 1.54) is 16.7 Å². The van der Waals surface area contributed by atoms with Crippen LogP contribution in [-0.2, 0) is 6.54 Å². The van der Waals surface area contributed by atoms with Gasteiger partial charge in [0.2, 0.25) is 0 Å². The van der Waals surface area contributed by atoms with Crippen molar-refractivity contribution in [3.8, 4) is 0 Å². The van der Waals surface area contributed by atoms with Crippen LogP contribution < -0.4 is 0 Å². The van der Waals surface area contributed by atoms with Crippen LogP contribution in [0.2, 0.25) is 5.15 Å². The number of aromatic carboxylic acids is 1. The molecule has 0 aliphatic carbocycles. The normalized spacial score (nSPS) is 11.4. The van der Waals surface area contributed by atoms with Crippen LogP contribution in [0.5, 0.6) is 0 Å². The molecular formula is C13H13ClFNO2. The first-order valence-corrected chi connectivity index (χ1v) is 6.00. The Balaban J connectivity index is 2.83. The van der Waals surface area contributed by atoms with E-state index in [0.29, 0.717) is 11.9 Å². The minimum Gasteiger partial charge on any atom is -0.478 e. The maximum Gasteiger partial charge on any atom is 0.339 e. The second kappa shape index (κ2) is 4.61. The largest absolute Gasteiger partial charge is 0.478 e. The zero-order valence-electron chi connectivity index (χ0n) is 10.1. The Bertz CT molecular complexity index is 619. The Labute approximate surface area is 109 Å². The lowest BCUT2D eigenvalue weighted by Gasteiger charge is -2.10. The van der Waals surface area contributed by atoms with Gasteiger partial charge in [-0.1, -0.05) is 37.6 Å². The van der Waals surface area contributed by atoms with E-state index in [9.17, 15) is 14.3 Å². The molecule has 0 saturated heterocycles. The van der Waals surface area contributed by atoms with Crippen LogP contribution in [0.3, 0.4) is 0 Å². The average Bonchev–Trinajstić information content (AvgIpc) is 2.52. The predicted molar refractivity (Wildman–Crippen MR) is 68.7 cm³/mol. The second-order valence-electron chi connectivity index (χ2n) is 4.61. The fourth-order valence-electron chi connectivity index (χ4n) is 2.08. The summed E-state index contributed by atoms with van der Waals surface area (Å²) in [5.74, 6) is -1.36. The number of para-hydroxylation sites is 1. The molecule has 0 saturated carbocycles. The van der Waals surface area contributed by atoms with Gasteiger partial charge in [-0.25, -0.2) is 9.18 Å². The van der Waals surface area contributed by atoms with Crippen LogP contribution in [0.4, 0.5) is 4.39 Å². The monoisotopic (exact) mass is 269 g/mol. The highest BCUT2D eigenvalue weighted by Gasteiger charge is 2.23. The van der Waals surface area contributed by atoms with Crippen molar-refractivity contribution >= 4 is 28.5 Å². The van der Waals surface area contributed by atoms with Gasteiger partial charge in [-0.05, 0) is 12.0 Å². The standard InChI is InChI=1S/C13H13ClFNO2/c1-7(2)6-16-11-8(4-3-5-9(11)15)10(12(16)14)13(17)18/h3-5,7H,6H2,1-2H3,(H,17,18). The van der Waals surface area contributed by atoms with Gasteiger partial charge >= 0.3 is 5.97 Å². The second-order valence-corrected chi connectivity index (χ2v) is 4.97. The molecule has 1 heterocycles. The van der Waals surface area contributed by atoms with Gasteiger partial charge in [0, 0.05) is 11.9 Å². The molecule has 0 bridgehead atoms. The fraction of sp³-hybridized carbons (Fsp3) is 0.308. The van der Waals surface area contributed by atoms with E-state index >= 15 is 0 Å². The van der Waals surface area contributed by atoms with E-state index in [4.69, 9.17) is 11.6 Å². The zero-order valence-corrected chi connectivity index (χ0v) is 10.8. The van der Waals surface area contributed by atoms with Crippen molar-refractivity contribution in [2.45, 2.75) is 20.4 Å². The van der Waals surface area contributed by atoms with Crippen molar-refractivity contribution in [2.75, 3.05) is 0 Å². The number of carbonyl (C=O) groups is 1. The molecule has 96 valence electrons. The molecule has 0 radical (unpaired) electrons. The highest BCUT2D eigenvalue weighted by atomic mass is 35.5.